The Balaban J connectivity index is 2.21. The van der Waals surface area contributed by atoms with Crippen LogP contribution < -0.4 is 5.73 Å². The van der Waals surface area contributed by atoms with Gasteiger partial charge in [0.2, 0.25) is 0 Å². The molecule has 0 heterocycles. The van der Waals surface area contributed by atoms with E-state index in [2.05, 4.69) is 12.1 Å². The van der Waals surface area contributed by atoms with Gasteiger partial charge in [0, 0.05) is 12.0 Å². The first kappa shape index (κ1) is 11.6. The van der Waals surface area contributed by atoms with Gasteiger partial charge in [-0.25, -0.2) is 0 Å². The van der Waals surface area contributed by atoms with Crippen LogP contribution in [-0.4, -0.2) is 6.67 Å². The van der Waals surface area contributed by atoms with Crippen molar-refractivity contribution >= 4 is 0 Å². The Morgan fingerprint density at radius 2 is 1.94 bits per heavy atom. The molecule has 0 saturated heterocycles. The Kier molecular flexibility index (Phi) is 3.59. The van der Waals surface area contributed by atoms with E-state index in [-0.39, 0.29) is 12.2 Å². The number of benzene rings is 1. The van der Waals surface area contributed by atoms with Crippen molar-refractivity contribution in [3.05, 3.63) is 35.4 Å². The van der Waals surface area contributed by atoms with Crippen LogP contribution in [0.2, 0.25) is 0 Å². The van der Waals surface area contributed by atoms with E-state index in [0.717, 1.165) is 18.4 Å². The molecule has 1 aromatic rings. The summed E-state index contributed by atoms with van der Waals surface area (Å²) in [5, 5.41) is 0. The molecule has 0 unspecified atom stereocenters. The monoisotopic (exact) mass is 221 g/mol. The minimum atomic E-state index is -0.291. The van der Waals surface area contributed by atoms with E-state index in [1.807, 2.05) is 12.1 Å². The number of aryl methyl sites for hydroxylation is 1. The number of hydrogen-bond donors (Lipinski definition) is 1. The summed E-state index contributed by atoms with van der Waals surface area (Å²) in [4.78, 5) is 0. The van der Waals surface area contributed by atoms with Gasteiger partial charge in [-0.2, -0.15) is 0 Å². The van der Waals surface area contributed by atoms with Gasteiger partial charge < -0.3 is 5.73 Å². The highest BCUT2D eigenvalue weighted by Gasteiger charge is 2.29. The molecule has 2 rings (SSSR count). The molecule has 0 spiro atoms. The first-order valence-electron chi connectivity index (χ1n) is 6.19. The van der Waals surface area contributed by atoms with E-state index >= 15 is 0 Å². The van der Waals surface area contributed by atoms with Crippen LogP contribution in [0.1, 0.15) is 43.2 Å². The van der Waals surface area contributed by atoms with Gasteiger partial charge in [0.05, 0.1) is 6.67 Å². The van der Waals surface area contributed by atoms with Crippen LogP contribution in [0.15, 0.2) is 24.3 Å². The summed E-state index contributed by atoms with van der Waals surface area (Å²) in [5.41, 5.74) is 8.55. The quantitative estimate of drug-likeness (QED) is 0.832. The number of halogens is 1. The predicted octanol–water partition coefficient (Wildman–Crippen LogP) is 3.32. The molecule has 1 aliphatic rings. The molecule has 2 N–H and O–H groups in total. The van der Waals surface area contributed by atoms with Gasteiger partial charge in [0.1, 0.15) is 0 Å². The van der Waals surface area contributed by atoms with Crippen molar-refractivity contribution in [1.82, 2.24) is 0 Å². The first-order chi connectivity index (χ1) is 7.74. The Labute approximate surface area is 96.9 Å². The Hall–Kier alpha value is -0.890. The van der Waals surface area contributed by atoms with Crippen LogP contribution in [0, 0.1) is 0 Å². The van der Waals surface area contributed by atoms with Crippen molar-refractivity contribution < 1.29 is 4.39 Å². The molecule has 1 saturated carbocycles. The molecule has 2 heteroatoms. The molecule has 0 radical (unpaired) electrons. The van der Waals surface area contributed by atoms with Gasteiger partial charge >= 0.3 is 0 Å². The fraction of sp³-hybridized carbons (Fsp3) is 0.571. The third-order valence-electron chi connectivity index (χ3n) is 3.63. The average Bonchev–Trinajstić information content (AvgIpc) is 2.31. The molecule has 1 nitrogen and oxygen atoms in total. The molecule has 1 fully saturated rings. The van der Waals surface area contributed by atoms with Crippen LogP contribution in [0.5, 0.6) is 0 Å². The second-order valence-corrected chi connectivity index (χ2v) is 4.86. The van der Waals surface area contributed by atoms with Crippen molar-refractivity contribution in [1.29, 1.82) is 0 Å². The standard InChI is InChI=1S/C14H20FN/c15-10-7-12-5-4-6-13(11-12)14(16)8-2-1-3-9-14/h4-6,11H,1-3,7-10,16H2. The lowest BCUT2D eigenvalue weighted by molar-refractivity contribution is 0.302. The smallest absolute Gasteiger partial charge is 0.0934 e. The molecule has 0 aromatic heterocycles. The molecular weight excluding hydrogens is 201 g/mol. The maximum absolute atomic E-state index is 12.3. The summed E-state index contributed by atoms with van der Waals surface area (Å²) in [6.07, 6.45) is 6.35. The minimum absolute atomic E-state index is 0.162. The van der Waals surface area contributed by atoms with E-state index in [1.165, 1.54) is 24.8 Å². The van der Waals surface area contributed by atoms with Crippen LogP contribution in [-0.2, 0) is 12.0 Å². The molecule has 88 valence electrons. The lowest BCUT2D eigenvalue weighted by Gasteiger charge is -2.34. The summed E-state index contributed by atoms with van der Waals surface area (Å²) < 4.78 is 12.3. The molecule has 0 amide bonds. The zero-order chi connectivity index (χ0) is 11.4. The third-order valence-corrected chi connectivity index (χ3v) is 3.63. The molecule has 0 atom stereocenters. The van der Waals surface area contributed by atoms with Crippen LogP contribution in [0.25, 0.3) is 0 Å². The Morgan fingerprint density at radius 1 is 1.19 bits per heavy atom. The van der Waals surface area contributed by atoms with Gasteiger partial charge in [-0.15, -0.1) is 0 Å². The largest absolute Gasteiger partial charge is 0.321 e. The van der Waals surface area contributed by atoms with Crippen LogP contribution in [0.3, 0.4) is 0 Å². The van der Waals surface area contributed by atoms with Gasteiger partial charge in [-0.1, -0.05) is 43.5 Å². The molecular formula is C14H20FN. The minimum Gasteiger partial charge on any atom is -0.321 e. The van der Waals surface area contributed by atoms with E-state index in [4.69, 9.17) is 5.73 Å². The number of alkyl halides is 1. The summed E-state index contributed by atoms with van der Waals surface area (Å²) in [7, 11) is 0. The molecule has 16 heavy (non-hydrogen) atoms. The molecule has 1 aromatic carbocycles. The first-order valence-corrected chi connectivity index (χ1v) is 6.19. The number of hydrogen-bond acceptors (Lipinski definition) is 1. The Morgan fingerprint density at radius 3 is 2.62 bits per heavy atom. The maximum atomic E-state index is 12.3. The van der Waals surface area contributed by atoms with E-state index in [9.17, 15) is 4.39 Å². The fourth-order valence-corrected chi connectivity index (χ4v) is 2.62. The zero-order valence-electron chi connectivity index (χ0n) is 9.71. The normalized spacial score (nSPS) is 19.6. The summed E-state index contributed by atoms with van der Waals surface area (Å²) in [5.74, 6) is 0. The molecule has 1 aliphatic carbocycles. The summed E-state index contributed by atoms with van der Waals surface area (Å²) in [6.45, 7) is -0.291. The average molecular weight is 221 g/mol. The van der Waals surface area contributed by atoms with Crippen molar-refractivity contribution in [2.45, 2.75) is 44.1 Å². The summed E-state index contributed by atoms with van der Waals surface area (Å²) in [6, 6.07) is 8.16. The number of nitrogens with two attached hydrogens (primary N) is 1. The molecule has 0 bridgehead atoms. The van der Waals surface area contributed by atoms with Crippen molar-refractivity contribution in [2.24, 2.45) is 5.73 Å². The SMILES string of the molecule is NC1(c2cccc(CCF)c2)CCCCC1. The van der Waals surface area contributed by atoms with Gasteiger partial charge in [0.25, 0.3) is 0 Å². The van der Waals surface area contributed by atoms with Gasteiger partial charge in [-0.3, -0.25) is 4.39 Å². The summed E-state index contributed by atoms with van der Waals surface area (Å²) >= 11 is 0. The van der Waals surface area contributed by atoms with Crippen molar-refractivity contribution in [3.63, 3.8) is 0 Å². The fourth-order valence-electron chi connectivity index (χ4n) is 2.62. The third kappa shape index (κ3) is 2.43. The topological polar surface area (TPSA) is 26.0 Å². The second-order valence-electron chi connectivity index (χ2n) is 4.86. The second kappa shape index (κ2) is 4.96. The molecule has 0 aliphatic heterocycles. The zero-order valence-corrected chi connectivity index (χ0v) is 9.71. The van der Waals surface area contributed by atoms with E-state index < -0.39 is 0 Å². The maximum Gasteiger partial charge on any atom is 0.0934 e. The van der Waals surface area contributed by atoms with Crippen LogP contribution in [0.4, 0.5) is 4.39 Å². The van der Waals surface area contributed by atoms with Gasteiger partial charge in [-0.05, 0) is 24.0 Å². The lowest BCUT2D eigenvalue weighted by Crippen LogP contribution is -2.38. The van der Waals surface area contributed by atoms with E-state index in [1.54, 1.807) is 0 Å². The Bertz CT molecular complexity index is 342. The predicted molar refractivity (Wildman–Crippen MR) is 65.1 cm³/mol. The lowest BCUT2D eigenvalue weighted by atomic mass is 9.77. The van der Waals surface area contributed by atoms with Crippen molar-refractivity contribution in [2.75, 3.05) is 6.67 Å². The highest BCUT2D eigenvalue weighted by atomic mass is 19.1. The van der Waals surface area contributed by atoms with E-state index in [0.29, 0.717) is 6.42 Å². The highest BCUT2D eigenvalue weighted by molar-refractivity contribution is 5.30. The van der Waals surface area contributed by atoms with Gasteiger partial charge in [0.15, 0.2) is 0 Å². The van der Waals surface area contributed by atoms with Crippen LogP contribution >= 0.6 is 0 Å². The number of rotatable bonds is 3. The highest BCUT2D eigenvalue weighted by Crippen LogP contribution is 2.34. The van der Waals surface area contributed by atoms with Crippen molar-refractivity contribution in [3.8, 4) is 0 Å².